The number of hydrogen-bond acceptors (Lipinski definition) is 4. The Kier molecular flexibility index (Phi) is 6.42. The summed E-state index contributed by atoms with van der Waals surface area (Å²) in [6.45, 7) is 5.35. The topological polar surface area (TPSA) is 87.7 Å². The van der Waals surface area contributed by atoms with Crippen molar-refractivity contribution >= 4 is 11.9 Å². The Balaban J connectivity index is 2.58. The number of carbonyl (C=O) groups excluding carboxylic acids is 1. The van der Waals surface area contributed by atoms with Crippen LogP contribution >= 0.6 is 0 Å². The minimum atomic E-state index is -0.997. The number of ether oxygens (including phenoxy) is 1. The first-order valence-electron chi connectivity index (χ1n) is 7.14. The average molecular weight is 286 g/mol. The summed E-state index contributed by atoms with van der Waals surface area (Å²) < 4.78 is 4.91. The fourth-order valence-electron chi connectivity index (χ4n) is 2.60. The van der Waals surface area contributed by atoms with Crippen molar-refractivity contribution in [1.82, 2.24) is 10.6 Å². The summed E-state index contributed by atoms with van der Waals surface area (Å²) in [7, 11) is 1.57. The summed E-state index contributed by atoms with van der Waals surface area (Å²) in [5.74, 6) is -1.22. The lowest BCUT2D eigenvalue weighted by atomic mass is 9.77. The highest BCUT2D eigenvalue weighted by Gasteiger charge is 2.38. The van der Waals surface area contributed by atoms with E-state index in [9.17, 15) is 14.7 Å². The summed E-state index contributed by atoms with van der Waals surface area (Å²) in [6.07, 6.45) is 2.98. The molecule has 0 aromatic heterocycles. The third kappa shape index (κ3) is 4.76. The van der Waals surface area contributed by atoms with Crippen LogP contribution in [-0.4, -0.2) is 49.3 Å². The number of rotatable bonds is 7. The molecule has 0 aliphatic carbocycles. The van der Waals surface area contributed by atoms with Crippen molar-refractivity contribution in [2.24, 2.45) is 5.41 Å². The Labute approximate surface area is 120 Å². The van der Waals surface area contributed by atoms with Crippen LogP contribution in [0.3, 0.4) is 0 Å². The molecule has 0 spiro atoms. The zero-order chi connectivity index (χ0) is 15.2. The second kappa shape index (κ2) is 7.59. The number of hydrogen-bond donors (Lipinski definition) is 3. The monoisotopic (exact) mass is 286 g/mol. The number of nitrogens with one attached hydrogen (secondary N) is 2. The average Bonchev–Trinajstić information content (AvgIpc) is 2.36. The Morgan fingerprint density at radius 1 is 1.50 bits per heavy atom. The Morgan fingerprint density at radius 3 is 2.75 bits per heavy atom. The van der Waals surface area contributed by atoms with E-state index in [-0.39, 0.29) is 17.4 Å². The van der Waals surface area contributed by atoms with Gasteiger partial charge in [0.1, 0.15) is 6.04 Å². The van der Waals surface area contributed by atoms with E-state index in [4.69, 9.17) is 4.74 Å². The van der Waals surface area contributed by atoms with Crippen LogP contribution in [0.4, 0.5) is 0 Å². The molecule has 1 saturated heterocycles. The number of carboxylic acid groups (broad SMARTS) is 1. The second-order valence-corrected chi connectivity index (χ2v) is 6.01. The van der Waals surface area contributed by atoms with E-state index in [1.54, 1.807) is 7.11 Å². The molecule has 1 aliphatic rings. The van der Waals surface area contributed by atoms with Gasteiger partial charge in [0.05, 0.1) is 6.04 Å². The maximum Gasteiger partial charge on any atom is 0.326 e. The molecular formula is C14H26N2O4. The fraction of sp³-hybridized carbons (Fsp3) is 0.857. The molecule has 1 aliphatic heterocycles. The predicted octanol–water partition coefficient (Wildman–Crippen LogP) is 0.761. The smallest absolute Gasteiger partial charge is 0.326 e. The van der Waals surface area contributed by atoms with Crippen molar-refractivity contribution in [2.45, 2.75) is 51.6 Å². The van der Waals surface area contributed by atoms with Gasteiger partial charge in [-0.3, -0.25) is 4.79 Å². The van der Waals surface area contributed by atoms with Crippen LogP contribution in [0, 0.1) is 5.41 Å². The maximum atomic E-state index is 12.3. The van der Waals surface area contributed by atoms with Gasteiger partial charge < -0.3 is 20.5 Å². The number of aliphatic carboxylic acids is 1. The van der Waals surface area contributed by atoms with Gasteiger partial charge in [-0.05, 0) is 37.6 Å². The molecule has 1 amide bonds. The highest BCUT2D eigenvalue weighted by Crippen LogP contribution is 2.30. The second-order valence-electron chi connectivity index (χ2n) is 6.01. The first-order chi connectivity index (χ1) is 9.38. The molecule has 116 valence electrons. The van der Waals surface area contributed by atoms with E-state index < -0.39 is 12.0 Å². The Hall–Kier alpha value is -1.14. The fourth-order valence-corrected chi connectivity index (χ4v) is 2.60. The van der Waals surface area contributed by atoms with E-state index in [1.165, 1.54) is 0 Å². The summed E-state index contributed by atoms with van der Waals surface area (Å²) >= 11 is 0. The van der Waals surface area contributed by atoms with Crippen LogP contribution in [0.5, 0.6) is 0 Å². The van der Waals surface area contributed by atoms with E-state index in [0.29, 0.717) is 19.4 Å². The molecule has 2 unspecified atom stereocenters. The van der Waals surface area contributed by atoms with Gasteiger partial charge in [-0.2, -0.15) is 0 Å². The van der Waals surface area contributed by atoms with Crippen molar-refractivity contribution < 1.29 is 19.4 Å². The zero-order valence-electron chi connectivity index (χ0n) is 12.6. The highest BCUT2D eigenvalue weighted by molar-refractivity contribution is 5.87. The van der Waals surface area contributed by atoms with Crippen molar-refractivity contribution in [3.8, 4) is 0 Å². The minimum absolute atomic E-state index is 0.155. The van der Waals surface area contributed by atoms with Gasteiger partial charge in [0, 0.05) is 13.7 Å². The van der Waals surface area contributed by atoms with E-state index in [0.717, 1.165) is 19.4 Å². The van der Waals surface area contributed by atoms with Crippen molar-refractivity contribution in [2.75, 3.05) is 20.3 Å². The number of carboxylic acids is 1. The summed E-state index contributed by atoms with van der Waals surface area (Å²) in [4.78, 5) is 23.5. The number of piperidine rings is 1. The normalized spacial score (nSPS) is 23.1. The molecule has 6 heteroatoms. The lowest BCUT2D eigenvalue weighted by Crippen LogP contribution is -2.58. The molecule has 1 rings (SSSR count). The van der Waals surface area contributed by atoms with Crippen LogP contribution in [0.1, 0.15) is 39.5 Å². The summed E-state index contributed by atoms with van der Waals surface area (Å²) in [5.41, 5.74) is -0.155. The number of carbonyl (C=O) groups is 2. The van der Waals surface area contributed by atoms with Gasteiger partial charge in [0.2, 0.25) is 5.91 Å². The summed E-state index contributed by atoms with van der Waals surface area (Å²) in [6, 6.07) is -1.18. The molecule has 2 atom stereocenters. The molecule has 3 N–H and O–H groups in total. The van der Waals surface area contributed by atoms with Crippen LogP contribution in [0.25, 0.3) is 0 Å². The van der Waals surface area contributed by atoms with Crippen LogP contribution in [-0.2, 0) is 14.3 Å². The molecule has 0 radical (unpaired) electrons. The first-order valence-corrected chi connectivity index (χ1v) is 7.14. The third-order valence-corrected chi connectivity index (χ3v) is 3.85. The number of methoxy groups -OCH3 is 1. The van der Waals surface area contributed by atoms with Crippen LogP contribution < -0.4 is 10.6 Å². The molecule has 20 heavy (non-hydrogen) atoms. The van der Waals surface area contributed by atoms with Crippen LogP contribution in [0.15, 0.2) is 0 Å². The Morgan fingerprint density at radius 2 is 2.20 bits per heavy atom. The molecule has 0 bridgehead atoms. The van der Waals surface area contributed by atoms with Gasteiger partial charge in [-0.1, -0.05) is 13.8 Å². The van der Waals surface area contributed by atoms with Crippen LogP contribution in [0.2, 0.25) is 0 Å². The van der Waals surface area contributed by atoms with Gasteiger partial charge in [0.25, 0.3) is 0 Å². The first kappa shape index (κ1) is 16.9. The third-order valence-electron chi connectivity index (χ3n) is 3.85. The molecule has 0 aromatic rings. The highest BCUT2D eigenvalue weighted by atomic mass is 16.5. The van der Waals surface area contributed by atoms with Gasteiger partial charge in [0.15, 0.2) is 0 Å². The Bertz CT molecular complexity index is 344. The quantitative estimate of drug-likeness (QED) is 0.601. The lowest BCUT2D eigenvalue weighted by Gasteiger charge is -2.38. The van der Waals surface area contributed by atoms with Gasteiger partial charge in [-0.15, -0.1) is 0 Å². The minimum Gasteiger partial charge on any atom is -0.480 e. The van der Waals surface area contributed by atoms with Crippen molar-refractivity contribution in [3.63, 3.8) is 0 Å². The van der Waals surface area contributed by atoms with Gasteiger partial charge >= 0.3 is 5.97 Å². The van der Waals surface area contributed by atoms with Gasteiger partial charge in [-0.25, -0.2) is 4.79 Å². The number of amides is 1. The largest absolute Gasteiger partial charge is 0.480 e. The van der Waals surface area contributed by atoms with Crippen molar-refractivity contribution in [1.29, 1.82) is 0 Å². The molecular weight excluding hydrogens is 260 g/mol. The molecule has 0 aromatic carbocycles. The molecule has 6 nitrogen and oxygen atoms in total. The summed E-state index contributed by atoms with van der Waals surface area (Å²) in [5, 5.41) is 15.0. The molecule has 0 saturated carbocycles. The van der Waals surface area contributed by atoms with E-state index in [2.05, 4.69) is 10.6 Å². The standard InChI is InChI=1S/C14H26N2O4/c1-14(2)7-5-8-15-11(14)12(17)16-10(13(18)19)6-4-9-20-3/h10-11,15H,4-9H2,1-3H3,(H,16,17)(H,18,19). The van der Waals surface area contributed by atoms with Crippen molar-refractivity contribution in [3.05, 3.63) is 0 Å². The molecule has 1 fully saturated rings. The zero-order valence-corrected chi connectivity index (χ0v) is 12.6. The predicted molar refractivity (Wildman–Crippen MR) is 75.5 cm³/mol. The van der Waals surface area contributed by atoms with E-state index in [1.807, 2.05) is 13.8 Å². The maximum absolute atomic E-state index is 12.3. The van der Waals surface area contributed by atoms with E-state index >= 15 is 0 Å². The SMILES string of the molecule is COCCCC(NC(=O)C1NCCCC1(C)C)C(=O)O. The molecule has 1 heterocycles. The lowest BCUT2D eigenvalue weighted by molar-refractivity contribution is -0.143.